The van der Waals surface area contributed by atoms with E-state index in [1.54, 1.807) is 11.5 Å². The number of nitrogens with one attached hydrogen (secondary N) is 2. The van der Waals surface area contributed by atoms with E-state index >= 15 is 0 Å². The summed E-state index contributed by atoms with van der Waals surface area (Å²) < 4.78 is 42.5. The van der Waals surface area contributed by atoms with Gasteiger partial charge in [0.1, 0.15) is 0 Å². The van der Waals surface area contributed by atoms with Crippen molar-refractivity contribution < 1.29 is 22.8 Å². The van der Waals surface area contributed by atoms with Crippen LogP contribution in [-0.4, -0.2) is 52.8 Å². The monoisotopic (exact) mass is 466 g/mol. The van der Waals surface area contributed by atoms with Gasteiger partial charge in [-0.3, -0.25) is 14.5 Å². The smallest absolute Gasteiger partial charge is 0.349 e. The number of amides is 2. The highest BCUT2D eigenvalue weighted by atomic mass is 32.1. The SMILES string of the molecule is O=C(CNC(=O)c1cccc(C(F)(F)F)c1)NC1CN(C2CCC(c3ccns3)CC2)C1. The molecule has 1 aromatic heterocycles. The largest absolute Gasteiger partial charge is 0.416 e. The van der Waals surface area contributed by atoms with Crippen LogP contribution in [0.2, 0.25) is 0 Å². The van der Waals surface area contributed by atoms with Crippen LogP contribution in [0.15, 0.2) is 36.5 Å². The molecule has 172 valence electrons. The molecule has 1 saturated carbocycles. The number of rotatable bonds is 6. The molecule has 2 fully saturated rings. The zero-order valence-electron chi connectivity index (χ0n) is 17.4. The number of hydrogen-bond donors (Lipinski definition) is 2. The number of nitrogens with zero attached hydrogens (tertiary/aromatic N) is 2. The minimum Gasteiger partial charge on any atom is -0.349 e. The van der Waals surface area contributed by atoms with Crippen molar-refractivity contribution >= 4 is 23.3 Å². The van der Waals surface area contributed by atoms with Crippen molar-refractivity contribution in [2.45, 2.75) is 49.9 Å². The third kappa shape index (κ3) is 5.47. The molecular weight excluding hydrogens is 441 g/mol. The molecule has 1 aromatic carbocycles. The summed E-state index contributed by atoms with van der Waals surface area (Å²) in [6, 6.07) is 6.82. The fourth-order valence-electron chi connectivity index (χ4n) is 4.44. The summed E-state index contributed by atoms with van der Waals surface area (Å²) in [7, 11) is 0. The second kappa shape index (κ2) is 9.58. The minimum atomic E-state index is -4.52. The zero-order chi connectivity index (χ0) is 22.7. The normalized spacial score (nSPS) is 22.2. The molecule has 4 rings (SSSR count). The first-order valence-electron chi connectivity index (χ1n) is 10.7. The van der Waals surface area contributed by atoms with Gasteiger partial charge in [-0.05, 0) is 67.4 Å². The van der Waals surface area contributed by atoms with Crippen molar-refractivity contribution in [2.24, 2.45) is 0 Å². The van der Waals surface area contributed by atoms with E-state index in [-0.39, 0.29) is 24.1 Å². The number of likely N-dealkylation sites (tertiary alicyclic amines) is 1. The molecule has 0 spiro atoms. The molecule has 2 heterocycles. The van der Waals surface area contributed by atoms with Gasteiger partial charge < -0.3 is 10.6 Å². The summed E-state index contributed by atoms with van der Waals surface area (Å²) >= 11 is 1.58. The molecule has 1 saturated heterocycles. The Kier molecular flexibility index (Phi) is 6.80. The highest BCUT2D eigenvalue weighted by molar-refractivity contribution is 7.05. The van der Waals surface area contributed by atoms with E-state index in [0.29, 0.717) is 12.0 Å². The lowest BCUT2D eigenvalue weighted by atomic mass is 9.83. The van der Waals surface area contributed by atoms with Crippen LogP contribution in [0.4, 0.5) is 13.2 Å². The quantitative estimate of drug-likeness (QED) is 0.684. The second-order valence-electron chi connectivity index (χ2n) is 8.40. The molecule has 0 atom stereocenters. The van der Waals surface area contributed by atoms with Gasteiger partial charge in [-0.25, -0.2) is 4.37 Å². The molecular formula is C22H25F3N4O2S. The van der Waals surface area contributed by atoms with Gasteiger partial charge in [0.15, 0.2) is 0 Å². The summed E-state index contributed by atoms with van der Waals surface area (Å²) in [5.41, 5.74) is -1.03. The van der Waals surface area contributed by atoms with Crippen LogP contribution < -0.4 is 10.6 Å². The maximum atomic E-state index is 12.8. The molecule has 6 nitrogen and oxygen atoms in total. The van der Waals surface area contributed by atoms with Gasteiger partial charge in [-0.15, -0.1) is 0 Å². The molecule has 1 aliphatic heterocycles. The number of benzene rings is 1. The molecule has 2 N–H and O–H groups in total. The van der Waals surface area contributed by atoms with E-state index in [1.165, 1.54) is 17.0 Å². The fourth-order valence-corrected chi connectivity index (χ4v) is 5.19. The van der Waals surface area contributed by atoms with Gasteiger partial charge in [0.25, 0.3) is 5.91 Å². The Morgan fingerprint density at radius 1 is 1.12 bits per heavy atom. The molecule has 1 aliphatic carbocycles. The lowest BCUT2D eigenvalue weighted by Crippen LogP contribution is -2.63. The number of carbonyl (C=O) groups is 2. The summed E-state index contributed by atoms with van der Waals surface area (Å²) in [4.78, 5) is 28.0. The predicted molar refractivity (Wildman–Crippen MR) is 114 cm³/mol. The van der Waals surface area contributed by atoms with Crippen LogP contribution in [0.3, 0.4) is 0 Å². The highest BCUT2D eigenvalue weighted by Gasteiger charge is 2.35. The number of hydrogen-bond acceptors (Lipinski definition) is 5. The van der Waals surface area contributed by atoms with Crippen molar-refractivity contribution in [2.75, 3.05) is 19.6 Å². The second-order valence-corrected chi connectivity index (χ2v) is 9.26. The third-order valence-corrected chi connectivity index (χ3v) is 7.12. The standard InChI is InChI=1S/C22H25F3N4O2S/c23-22(24,25)16-3-1-2-15(10-16)21(31)26-11-20(30)28-17-12-29(13-17)18-6-4-14(5-7-18)19-8-9-27-32-19/h1-3,8-10,14,17-18H,4-7,11-13H2,(H,26,31)(H,28,30). The number of aromatic nitrogens is 1. The third-order valence-electron chi connectivity index (χ3n) is 6.21. The number of halogens is 3. The van der Waals surface area contributed by atoms with Crippen LogP contribution in [0, 0.1) is 0 Å². The molecule has 0 bridgehead atoms. The Bertz CT molecular complexity index is 937. The predicted octanol–water partition coefficient (Wildman–Crippen LogP) is 3.42. The van der Waals surface area contributed by atoms with Gasteiger partial charge in [-0.2, -0.15) is 13.2 Å². The van der Waals surface area contributed by atoms with Gasteiger partial charge in [-0.1, -0.05) is 6.07 Å². The lowest BCUT2D eigenvalue weighted by molar-refractivity contribution is -0.137. The first-order valence-corrected chi connectivity index (χ1v) is 11.5. The van der Waals surface area contributed by atoms with Crippen LogP contribution >= 0.6 is 11.5 Å². The maximum Gasteiger partial charge on any atom is 0.416 e. The van der Waals surface area contributed by atoms with Gasteiger partial charge in [0.2, 0.25) is 5.91 Å². The van der Waals surface area contributed by atoms with Crippen LogP contribution in [0.1, 0.15) is 52.4 Å². The summed E-state index contributed by atoms with van der Waals surface area (Å²) in [5.74, 6) is -0.445. The number of alkyl halides is 3. The van der Waals surface area contributed by atoms with Crippen LogP contribution in [-0.2, 0) is 11.0 Å². The topological polar surface area (TPSA) is 74.3 Å². The fraction of sp³-hybridized carbons (Fsp3) is 0.500. The minimum absolute atomic E-state index is 0.0344. The molecule has 2 aliphatic rings. The molecule has 0 radical (unpaired) electrons. The van der Waals surface area contributed by atoms with Crippen molar-refractivity contribution in [1.29, 1.82) is 0 Å². The van der Waals surface area contributed by atoms with Crippen LogP contribution in [0.25, 0.3) is 0 Å². The van der Waals surface area contributed by atoms with Crippen molar-refractivity contribution in [3.63, 3.8) is 0 Å². The zero-order valence-corrected chi connectivity index (χ0v) is 18.2. The molecule has 0 unspecified atom stereocenters. The van der Waals surface area contributed by atoms with E-state index in [4.69, 9.17) is 0 Å². The average Bonchev–Trinajstić information content (AvgIpc) is 3.29. The molecule has 32 heavy (non-hydrogen) atoms. The summed E-state index contributed by atoms with van der Waals surface area (Å²) in [6.07, 6.45) is 1.91. The molecule has 2 aromatic rings. The first kappa shape index (κ1) is 22.7. The van der Waals surface area contributed by atoms with Crippen molar-refractivity contribution in [3.8, 4) is 0 Å². The van der Waals surface area contributed by atoms with Crippen molar-refractivity contribution in [3.05, 3.63) is 52.5 Å². The highest BCUT2D eigenvalue weighted by Crippen LogP contribution is 2.37. The Labute approximate surface area is 188 Å². The van der Waals surface area contributed by atoms with Crippen LogP contribution in [0.5, 0.6) is 0 Å². The molecule has 10 heteroatoms. The lowest BCUT2D eigenvalue weighted by Gasteiger charge is -2.46. The van der Waals surface area contributed by atoms with Crippen molar-refractivity contribution in [1.82, 2.24) is 19.9 Å². The number of carbonyl (C=O) groups excluding carboxylic acids is 2. The maximum absolute atomic E-state index is 12.8. The Balaban J connectivity index is 1.15. The van der Waals surface area contributed by atoms with E-state index in [1.807, 2.05) is 6.20 Å². The average molecular weight is 467 g/mol. The van der Waals surface area contributed by atoms with Gasteiger partial charge >= 0.3 is 6.18 Å². The van der Waals surface area contributed by atoms with E-state index in [9.17, 15) is 22.8 Å². The Morgan fingerprint density at radius 2 is 1.88 bits per heavy atom. The summed E-state index contributed by atoms with van der Waals surface area (Å²) in [5, 5.41) is 5.26. The van der Waals surface area contributed by atoms with E-state index in [0.717, 1.165) is 50.9 Å². The Hall–Kier alpha value is -2.46. The van der Waals surface area contributed by atoms with Gasteiger partial charge in [0, 0.05) is 35.8 Å². The first-order chi connectivity index (χ1) is 15.3. The summed E-state index contributed by atoms with van der Waals surface area (Å²) in [6.45, 7) is 1.29. The van der Waals surface area contributed by atoms with Gasteiger partial charge in [0.05, 0.1) is 18.2 Å². The molecule has 2 amide bonds. The Morgan fingerprint density at radius 3 is 2.53 bits per heavy atom. The van der Waals surface area contributed by atoms with E-state index in [2.05, 4.69) is 26.0 Å². The van der Waals surface area contributed by atoms with E-state index < -0.39 is 17.6 Å².